The molecular formula is C19H37Cl3S2. The Kier molecular flexibility index (Phi) is 16.6. The normalized spacial score (nSPS) is 13.9. The van der Waals surface area contributed by atoms with Gasteiger partial charge in [0.1, 0.15) is 0 Å². The summed E-state index contributed by atoms with van der Waals surface area (Å²) in [6, 6.07) is 0. The van der Waals surface area contributed by atoms with Gasteiger partial charge in [0.25, 0.3) is 0 Å². The molecule has 0 heterocycles. The van der Waals surface area contributed by atoms with Crippen molar-refractivity contribution in [3.8, 4) is 0 Å². The molecule has 5 heteroatoms. The molecule has 0 N–H and O–H groups in total. The highest BCUT2D eigenvalue weighted by atomic mass is 35.6. The van der Waals surface area contributed by atoms with E-state index >= 15 is 0 Å². The molecule has 0 aromatic carbocycles. The van der Waals surface area contributed by atoms with Crippen LogP contribution in [0.1, 0.15) is 98.3 Å². The molecule has 0 radical (unpaired) electrons. The van der Waals surface area contributed by atoms with Crippen molar-refractivity contribution in [2.24, 2.45) is 5.92 Å². The third kappa shape index (κ3) is 15.8. The van der Waals surface area contributed by atoms with Crippen molar-refractivity contribution in [2.45, 2.75) is 113 Å². The lowest BCUT2D eigenvalue weighted by atomic mass is 9.90. The molecule has 146 valence electrons. The summed E-state index contributed by atoms with van der Waals surface area (Å²) < 4.78 is -1.14. The van der Waals surface area contributed by atoms with Crippen LogP contribution in [-0.2, 0) is 0 Å². The van der Waals surface area contributed by atoms with Gasteiger partial charge in [-0.1, -0.05) is 135 Å². The first-order valence-electron chi connectivity index (χ1n) is 9.69. The summed E-state index contributed by atoms with van der Waals surface area (Å²) in [4.78, 5) is 0. The first-order valence-corrected chi connectivity index (χ1v) is 13.1. The predicted molar refractivity (Wildman–Crippen MR) is 120 cm³/mol. The van der Waals surface area contributed by atoms with Crippen LogP contribution < -0.4 is 0 Å². The van der Waals surface area contributed by atoms with Gasteiger partial charge in [-0.3, -0.25) is 0 Å². The van der Waals surface area contributed by atoms with Gasteiger partial charge in [-0.2, -0.15) is 0 Å². The summed E-state index contributed by atoms with van der Waals surface area (Å²) in [5.74, 6) is 0.672. The monoisotopic (exact) mass is 434 g/mol. The molecule has 0 aromatic rings. The van der Waals surface area contributed by atoms with Crippen LogP contribution in [0.15, 0.2) is 0 Å². The van der Waals surface area contributed by atoms with Crippen LogP contribution in [0.4, 0.5) is 0 Å². The zero-order valence-electron chi connectivity index (χ0n) is 16.0. The van der Waals surface area contributed by atoms with Crippen molar-refractivity contribution < 1.29 is 0 Å². The van der Waals surface area contributed by atoms with Gasteiger partial charge < -0.3 is 0 Å². The maximum atomic E-state index is 6.16. The molecule has 0 aliphatic heterocycles. The van der Waals surface area contributed by atoms with Gasteiger partial charge in [0.05, 0.1) is 0 Å². The molecular weight excluding hydrogens is 399 g/mol. The summed E-state index contributed by atoms with van der Waals surface area (Å²) in [6.45, 7) is 9.01. The van der Waals surface area contributed by atoms with E-state index in [0.29, 0.717) is 22.8 Å². The van der Waals surface area contributed by atoms with Gasteiger partial charge >= 0.3 is 0 Å². The Morgan fingerprint density at radius 1 is 0.750 bits per heavy atom. The average Bonchev–Trinajstić information content (AvgIpc) is 2.49. The molecule has 24 heavy (non-hydrogen) atoms. The fourth-order valence-corrected chi connectivity index (χ4v) is 6.53. The van der Waals surface area contributed by atoms with E-state index in [4.69, 9.17) is 34.8 Å². The van der Waals surface area contributed by atoms with E-state index in [1.807, 2.05) is 21.6 Å². The van der Waals surface area contributed by atoms with Gasteiger partial charge in [0, 0.05) is 16.9 Å². The minimum absolute atomic E-state index is 0.438. The van der Waals surface area contributed by atoms with Crippen LogP contribution in [0.3, 0.4) is 0 Å². The Balaban J connectivity index is 4.71. The van der Waals surface area contributed by atoms with Gasteiger partial charge in [0.15, 0.2) is 3.79 Å². The third-order valence-electron chi connectivity index (χ3n) is 4.19. The van der Waals surface area contributed by atoms with Gasteiger partial charge in [-0.15, -0.1) is 0 Å². The Morgan fingerprint density at radius 2 is 1.25 bits per heavy atom. The maximum absolute atomic E-state index is 6.16. The van der Waals surface area contributed by atoms with Crippen LogP contribution in [0.2, 0.25) is 0 Å². The van der Waals surface area contributed by atoms with E-state index in [0.717, 1.165) is 0 Å². The molecule has 0 aromatic heterocycles. The van der Waals surface area contributed by atoms with Gasteiger partial charge in [-0.05, 0) is 18.8 Å². The van der Waals surface area contributed by atoms with Crippen molar-refractivity contribution in [2.75, 3.05) is 0 Å². The number of hydrogen-bond acceptors (Lipinski definition) is 2. The van der Waals surface area contributed by atoms with Crippen LogP contribution in [0.25, 0.3) is 0 Å². The number of alkyl halides is 3. The van der Waals surface area contributed by atoms with E-state index < -0.39 is 3.79 Å². The smallest absolute Gasteiger partial charge is 0.0910 e. The molecule has 0 bridgehead atoms. The molecule has 1 unspecified atom stereocenters. The number of unbranched alkanes of at least 4 members (excludes halogenated alkanes) is 6. The summed E-state index contributed by atoms with van der Waals surface area (Å²) in [6.07, 6.45) is 13.8. The van der Waals surface area contributed by atoms with Gasteiger partial charge in [0.2, 0.25) is 0 Å². The second-order valence-corrected chi connectivity index (χ2v) is 12.7. The van der Waals surface area contributed by atoms with Crippen molar-refractivity contribution in [3.63, 3.8) is 0 Å². The van der Waals surface area contributed by atoms with E-state index in [1.165, 1.54) is 64.2 Å². The first kappa shape index (κ1) is 25.6. The number of halogens is 3. The molecule has 0 aliphatic rings. The summed E-state index contributed by atoms with van der Waals surface area (Å²) in [7, 11) is 3.89. The van der Waals surface area contributed by atoms with Gasteiger partial charge in [-0.25, -0.2) is 0 Å². The van der Waals surface area contributed by atoms with E-state index in [-0.39, 0.29) is 0 Å². The zero-order valence-corrected chi connectivity index (χ0v) is 19.9. The molecule has 0 nitrogen and oxygen atoms in total. The second kappa shape index (κ2) is 15.6. The molecule has 0 fully saturated rings. The second-order valence-electron chi connectivity index (χ2n) is 7.06. The molecule has 0 spiro atoms. The van der Waals surface area contributed by atoms with Crippen molar-refractivity contribution in [1.82, 2.24) is 0 Å². The minimum Gasteiger partial charge on any atom is -0.0910 e. The maximum Gasteiger partial charge on any atom is 0.191 e. The zero-order chi connectivity index (χ0) is 18.4. The average molecular weight is 436 g/mol. The lowest BCUT2D eigenvalue weighted by Gasteiger charge is -2.29. The molecule has 0 saturated carbocycles. The summed E-state index contributed by atoms with van der Waals surface area (Å²) in [5.41, 5.74) is 0. The van der Waals surface area contributed by atoms with Crippen LogP contribution in [-0.4, -0.2) is 14.3 Å². The largest absolute Gasteiger partial charge is 0.191 e. The minimum atomic E-state index is -1.14. The quantitative estimate of drug-likeness (QED) is 0.143. The Morgan fingerprint density at radius 3 is 1.62 bits per heavy atom. The highest BCUT2D eigenvalue weighted by Gasteiger charge is 2.31. The number of rotatable bonds is 15. The Hall–Kier alpha value is 1.57. The predicted octanol–water partition coefficient (Wildman–Crippen LogP) is 9.46. The lowest BCUT2D eigenvalue weighted by molar-refractivity contribution is 0.386. The lowest BCUT2D eigenvalue weighted by Crippen LogP contribution is -2.23. The molecule has 0 aliphatic carbocycles. The highest BCUT2D eigenvalue weighted by molar-refractivity contribution is 8.77. The fourth-order valence-electron chi connectivity index (χ4n) is 2.87. The first-order chi connectivity index (χ1) is 11.3. The van der Waals surface area contributed by atoms with Crippen molar-refractivity contribution >= 4 is 56.4 Å². The van der Waals surface area contributed by atoms with Crippen LogP contribution >= 0.6 is 56.4 Å². The van der Waals surface area contributed by atoms with Crippen molar-refractivity contribution in [3.05, 3.63) is 0 Å². The fraction of sp³-hybridized carbons (Fsp3) is 1.00. The standard InChI is InChI=1S/C19H37Cl3S2/c1-5-7-9-11-13-17(14-12-10-8-6-2)18(15-19(20,21)22)24-23-16(3)4/h16-18H,5-15H2,1-4H3. The van der Waals surface area contributed by atoms with Crippen LogP contribution in [0.5, 0.6) is 0 Å². The van der Waals surface area contributed by atoms with E-state index in [9.17, 15) is 0 Å². The van der Waals surface area contributed by atoms with E-state index in [2.05, 4.69) is 27.7 Å². The third-order valence-corrected chi connectivity index (χ3v) is 8.17. The molecule has 0 rings (SSSR count). The molecule has 0 amide bonds. The Labute approximate surface area is 174 Å². The van der Waals surface area contributed by atoms with Crippen molar-refractivity contribution in [1.29, 1.82) is 0 Å². The highest BCUT2D eigenvalue weighted by Crippen LogP contribution is 2.45. The molecule has 0 saturated heterocycles. The summed E-state index contributed by atoms with van der Waals surface area (Å²) in [5, 5.41) is 1.04. The summed E-state index contributed by atoms with van der Waals surface area (Å²) >= 11 is 18.5. The molecule has 1 atom stereocenters. The Bertz CT molecular complexity index is 268. The topological polar surface area (TPSA) is 0 Å². The number of hydrogen-bond donors (Lipinski definition) is 0. The van der Waals surface area contributed by atoms with E-state index in [1.54, 1.807) is 0 Å². The SMILES string of the molecule is CCCCCCC(CCCCCC)C(CC(Cl)(Cl)Cl)SSC(C)C. The van der Waals surface area contributed by atoms with Crippen LogP contribution in [0, 0.1) is 5.92 Å².